The number of ether oxygens (including phenoxy) is 2. The molecule has 2 aromatic carbocycles. The smallest absolute Gasteiger partial charge is 0.235 e. The van der Waals surface area contributed by atoms with Crippen LogP contribution in [0.2, 0.25) is 0 Å². The van der Waals surface area contributed by atoms with Crippen LogP contribution >= 0.6 is 0 Å². The third-order valence-electron chi connectivity index (χ3n) is 6.42. The molecule has 3 aromatic rings. The predicted octanol–water partition coefficient (Wildman–Crippen LogP) is 3.96. The summed E-state index contributed by atoms with van der Waals surface area (Å²) < 4.78 is 29.4. The van der Waals surface area contributed by atoms with Gasteiger partial charge in [0.2, 0.25) is 11.8 Å². The van der Waals surface area contributed by atoms with Crippen LogP contribution in [0.3, 0.4) is 0 Å². The number of rotatable bonds is 8. The van der Waals surface area contributed by atoms with Crippen molar-refractivity contribution in [2.24, 2.45) is 0 Å². The Labute approximate surface area is 214 Å². The first-order valence-electron chi connectivity index (χ1n) is 11.9. The zero-order valence-electron chi connectivity index (χ0n) is 21.4. The van der Waals surface area contributed by atoms with Gasteiger partial charge >= 0.3 is 0 Å². The molecule has 0 unspecified atom stereocenters. The zero-order valence-corrected chi connectivity index (χ0v) is 22.3. The minimum Gasteiger partial charge on any atom is -0.493 e. The van der Waals surface area contributed by atoms with Gasteiger partial charge in [0, 0.05) is 47.7 Å². The molecule has 1 saturated heterocycles. The minimum absolute atomic E-state index is 0.0326. The molecule has 192 valence electrons. The third-order valence-corrected chi connectivity index (χ3v) is 7.58. The lowest BCUT2D eigenvalue weighted by atomic mass is 10.1. The summed E-state index contributed by atoms with van der Waals surface area (Å²) in [5.41, 5.74) is 3.70. The maximum absolute atomic E-state index is 12.9. The Kier molecular flexibility index (Phi) is 7.98. The number of aryl methyl sites for hydroxylation is 2. The van der Waals surface area contributed by atoms with Crippen LogP contribution in [0, 0.1) is 13.8 Å². The van der Waals surface area contributed by atoms with E-state index in [2.05, 4.69) is 48.0 Å². The van der Waals surface area contributed by atoms with Crippen LogP contribution in [0.15, 0.2) is 46.9 Å². The summed E-state index contributed by atoms with van der Waals surface area (Å²) in [6, 6.07) is 14.0. The Balaban J connectivity index is 1.36. The fourth-order valence-corrected chi connectivity index (χ4v) is 5.59. The second-order valence-corrected chi connectivity index (χ2v) is 10.5. The first-order valence-corrected chi connectivity index (χ1v) is 13.4. The standard InChI is InChI=1S/C27H33N3O5S/c1-18-7-6-8-22(13-18)30-12-11-29(15-19(30)2)26(31)17-36(32)16-23-20(3)35-27(28-23)21-9-10-24(33-4)25(14-21)34-5/h6-10,13-14,19H,11-12,15-17H2,1-5H3/t19-,36+/m0/s1. The van der Waals surface area contributed by atoms with Gasteiger partial charge in [0.25, 0.3) is 0 Å². The molecule has 0 spiro atoms. The van der Waals surface area contributed by atoms with Crippen molar-refractivity contribution >= 4 is 22.4 Å². The molecule has 0 saturated carbocycles. The second-order valence-electron chi connectivity index (χ2n) is 9.04. The van der Waals surface area contributed by atoms with E-state index >= 15 is 0 Å². The van der Waals surface area contributed by atoms with Crippen molar-refractivity contribution in [2.75, 3.05) is 44.5 Å². The van der Waals surface area contributed by atoms with Crippen LogP contribution in [0.5, 0.6) is 11.5 Å². The van der Waals surface area contributed by atoms with Crippen LogP contribution in [-0.2, 0) is 21.3 Å². The van der Waals surface area contributed by atoms with Crippen LogP contribution in [0.25, 0.3) is 11.5 Å². The van der Waals surface area contributed by atoms with Gasteiger partial charge in [0.15, 0.2) is 11.5 Å². The number of oxazole rings is 1. The summed E-state index contributed by atoms with van der Waals surface area (Å²) in [6.45, 7) is 7.96. The van der Waals surface area contributed by atoms with Gasteiger partial charge in [-0.3, -0.25) is 9.00 Å². The molecule has 2 atom stereocenters. The number of methoxy groups -OCH3 is 2. The summed E-state index contributed by atoms with van der Waals surface area (Å²) in [6.07, 6.45) is 0. The van der Waals surface area contributed by atoms with E-state index < -0.39 is 10.8 Å². The van der Waals surface area contributed by atoms with Gasteiger partial charge < -0.3 is 23.7 Å². The van der Waals surface area contributed by atoms with Gasteiger partial charge in [-0.05, 0) is 56.7 Å². The summed E-state index contributed by atoms with van der Waals surface area (Å²) in [7, 11) is 1.74. The number of nitrogens with zero attached hydrogens (tertiary/aromatic N) is 3. The summed E-state index contributed by atoms with van der Waals surface area (Å²) in [5, 5.41) is 0. The van der Waals surface area contributed by atoms with Gasteiger partial charge in [0.1, 0.15) is 11.5 Å². The first-order chi connectivity index (χ1) is 17.3. The molecular formula is C27H33N3O5S. The molecule has 4 rings (SSSR count). The molecule has 1 aliphatic heterocycles. The van der Waals surface area contributed by atoms with E-state index in [0.29, 0.717) is 41.9 Å². The molecule has 1 fully saturated rings. The van der Waals surface area contributed by atoms with E-state index in [9.17, 15) is 9.00 Å². The van der Waals surface area contributed by atoms with Gasteiger partial charge in [-0.25, -0.2) is 4.98 Å². The summed E-state index contributed by atoms with van der Waals surface area (Å²) in [4.78, 5) is 21.6. The molecule has 1 aliphatic rings. The Morgan fingerprint density at radius 3 is 2.58 bits per heavy atom. The largest absolute Gasteiger partial charge is 0.493 e. The summed E-state index contributed by atoms with van der Waals surface area (Å²) in [5.74, 6) is 2.21. The molecule has 2 heterocycles. The second kappa shape index (κ2) is 11.2. The van der Waals surface area contributed by atoms with Crippen molar-refractivity contribution in [1.29, 1.82) is 0 Å². The first kappa shape index (κ1) is 25.8. The molecule has 0 N–H and O–H groups in total. The molecule has 8 nitrogen and oxygen atoms in total. The number of carbonyl (C=O) groups is 1. The lowest BCUT2D eigenvalue weighted by Crippen LogP contribution is -2.54. The summed E-state index contributed by atoms with van der Waals surface area (Å²) >= 11 is 0. The number of carbonyl (C=O) groups excluding carboxylic acids is 1. The lowest BCUT2D eigenvalue weighted by Gasteiger charge is -2.41. The monoisotopic (exact) mass is 511 g/mol. The number of piperazine rings is 1. The highest BCUT2D eigenvalue weighted by atomic mass is 32.2. The molecular weight excluding hydrogens is 478 g/mol. The van der Waals surface area contributed by atoms with Gasteiger partial charge in [-0.15, -0.1) is 0 Å². The Bertz CT molecular complexity index is 1260. The maximum Gasteiger partial charge on any atom is 0.235 e. The molecule has 0 bridgehead atoms. The third kappa shape index (κ3) is 5.73. The van der Waals surface area contributed by atoms with Gasteiger partial charge in [0.05, 0.1) is 25.7 Å². The minimum atomic E-state index is -1.40. The molecule has 1 amide bonds. The number of anilines is 1. The fraction of sp³-hybridized carbons (Fsp3) is 0.407. The fourth-order valence-electron chi connectivity index (χ4n) is 4.46. The van der Waals surface area contributed by atoms with Crippen LogP contribution in [-0.4, -0.2) is 65.6 Å². The van der Waals surface area contributed by atoms with Gasteiger partial charge in [-0.2, -0.15) is 0 Å². The molecule has 36 heavy (non-hydrogen) atoms. The quantitative estimate of drug-likeness (QED) is 0.453. The van der Waals surface area contributed by atoms with E-state index in [4.69, 9.17) is 13.9 Å². The van der Waals surface area contributed by atoms with E-state index in [1.54, 1.807) is 33.3 Å². The predicted molar refractivity (Wildman–Crippen MR) is 141 cm³/mol. The van der Waals surface area contributed by atoms with Crippen molar-refractivity contribution in [3.05, 3.63) is 59.5 Å². The number of amides is 1. The normalized spacial score (nSPS) is 16.6. The Hall–Kier alpha value is -3.33. The van der Waals surface area contributed by atoms with E-state index in [0.717, 1.165) is 12.1 Å². The number of hydrogen-bond acceptors (Lipinski definition) is 7. The number of aromatic nitrogens is 1. The zero-order chi connectivity index (χ0) is 25.8. The molecule has 1 aromatic heterocycles. The topological polar surface area (TPSA) is 85.1 Å². The van der Waals surface area contributed by atoms with Crippen molar-refractivity contribution < 1.29 is 22.9 Å². The Morgan fingerprint density at radius 1 is 1.11 bits per heavy atom. The van der Waals surface area contributed by atoms with Crippen LogP contribution < -0.4 is 14.4 Å². The van der Waals surface area contributed by atoms with Crippen molar-refractivity contribution in [1.82, 2.24) is 9.88 Å². The molecule has 0 radical (unpaired) electrons. The maximum atomic E-state index is 12.9. The number of hydrogen-bond donors (Lipinski definition) is 0. The lowest BCUT2D eigenvalue weighted by molar-refractivity contribution is -0.129. The van der Waals surface area contributed by atoms with E-state index in [1.165, 1.54) is 11.3 Å². The van der Waals surface area contributed by atoms with E-state index in [1.807, 2.05) is 11.0 Å². The molecule has 9 heteroatoms. The highest BCUT2D eigenvalue weighted by Crippen LogP contribution is 2.32. The van der Waals surface area contributed by atoms with Crippen LogP contribution in [0.1, 0.15) is 23.9 Å². The van der Waals surface area contributed by atoms with E-state index in [-0.39, 0.29) is 23.5 Å². The molecule has 0 aliphatic carbocycles. The van der Waals surface area contributed by atoms with Crippen LogP contribution in [0.4, 0.5) is 5.69 Å². The SMILES string of the molecule is COc1ccc(-c2nc(C[S@@](=O)CC(=O)N3CCN(c4cccc(C)c4)[C@@H](C)C3)c(C)o2)cc1OC. The average Bonchev–Trinajstić information content (AvgIpc) is 3.23. The van der Waals surface area contributed by atoms with Crippen molar-refractivity contribution in [3.63, 3.8) is 0 Å². The van der Waals surface area contributed by atoms with Crippen molar-refractivity contribution in [2.45, 2.75) is 32.6 Å². The number of benzene rings is 2. The van der Waals surface area contributed by atoms with Gasteiger partial charge in [-0.1, -0.05) is 12.1 Å². The van der Waals surface area contributed by atoms with Crippen molar-refractivity contribution in [3.8, 4) is 23.0 Å². The highest BCUT2D eigenvalue weighted by Gasteiger charge is 2.28. The Morgan fingerprint density at radius 2 is 1.89 bits per heavy atom. The average molecular weight is 512 g/mol. The highest BCUT2D eigenvalue weighted by molar-refractivity contribution is 7.84.